The predicted octanol–water partition coefficient (Wildman–Crippen LogP) is 1.48. The molecule has 0 fully saturated rings. The summed E-state index contributed by atoms with van der Waals surface area (Å²) < 4.78 is 0. The number of hydrogen-bond donors (Lipinski definition) is 3. The van der Waals surface area contributed by atoms with Crippen LogP contribution in [0.15, 0.2) is 30.5 Å². The van der Waals surface area contributed by atoms with Gasteiger partial charge in [-0.05, 0) is 24.3 Å². The van der Waals surface area contributed by atoms with Crippen LogP contribution in [-0.2, 0) is 6.54 Å². The molecule has 0 aliphatic heterocycles. The molecule has 2 rings (SSSR count). The van der Waals surface area contributed by atoms with Crippen LogP contribution >= 0.6 is 0 Å². The molecule has 2 aromatic rings. The van der Waals surface area contributed by atoms with E-state index >= 15 is 0 Å². The van der Waals surface area contributed by atoms with Gasteiger partial charge in [0.1, 0.15) is 6.07 Å². The van der Waals surface area contributed by atoms with Gasteiger partial charge in [-0.3, -0.25) is 5.10 Å². The van der Waals surface area contributed by atoms with Crippen molar-refractivity contribution in [2.75, 3.05) is 11.1 Å². The highest BCUT2D eigenvalue weighted by atomic mass is 15.1. The molecular formula is C11H11N5. The molecule has 0 amide bonds. The number of nitriles is 1. The minimum Gasteiger partial charge on any atom is -0.398 e. The Morgan fingerprint density at radius 1 is 1.44 bits per heavy atom. The SMILES string of the molecule is N#Cc1ccc(NCc2ccn[nH]2)cc1N. The molecular weight excluding hydrogens is 202 g/mol. The van der Waals surface area contributed by atoms with Crippen LogP contribution in [0.1, 0.15) is 11.3 Å². The van der Waals surface area contributed by atoms with Crippen molar-refractivity contribution in [3.8, 4) is 6.07 Å². The highest BCUT2D eigenvalue weighted by molar-refractivity contribution is 5.62. The first kappa shape index (κ1) is 10.1. The molecule has 0 saturated carbocycles. The third-order valence-corrected chi connectivity index (χ3v) is 2.21. The number of nitrogens with two attached hydrogens (primary N) is 1. The minimum atomic E-state index is 0.483. The van der Waals surface area contributed by atoms with Crippen LogP contribution in [0, 0.1) is 11.3 Å². The van der Waals surface area contributed by atoms with Crippen molar-refractivity contribution < 1.29 is 0 Å². The van der Waals surface area contributed by atoms with E-state index in [0.29, 0.717) is 17.8 Å². The molecule has 0 unspecified atom stereocenters. The first-order chi connectivity index (χ1) is 7.79. The molecule has 0 atom stereocenters. The number of rotatable bonds is 3. The highest BCUT2D eigenvalue weighted by Crippen LogP contribution is 2.17. The van der Waals surface area contributed by atoms with Gasteiger partial charge in [0.05, 0.1) is 23.5 Å². The second kappa shape index (κ2) is 4.36. The maximum Gasteiger partial charge on any atom is 0.101 e. The number of nitrogen functional groups attached to an aromatic ring is 1. The number of benzene rings is 1. The van der Waals surface area contributed by atoms with Gasteiger partial charge in [-0.15, -0.1) is 0 Å². The number of H-pyrrole nitrogens is 1. The van der Waals surface area contributed by atoms with Crippen LogP contribution in [-0.4, -0.2) is 10.2 Å². The van der Waals surface area contributed by atoms with E-state index in [0.717, 1.165) is 11.4 Å². The van der Waals surface area contributed by atoms with Crippen molar-refractivity contribution in [2.45, 2.75) is 6.54 Å². The van der Waals surface area contributed by atoms with Crippen LogP contribution < -0.4 is 11.1 Å². The Hall–Kier alpha value is -2.48. The van der Waals surface area contributed by atoms with Gasteiger partial charge in [-0.25, -0.2) is 0 Å². The Kier molecular flexibility index (Phi) is 2.74. The zero-order valence-electron chi connectivity index (χ0n) is 8.57. The summed E-state index contributed by atoms with van der Waals surface area (Å²) in [5.41, 5.74) is 8.54. The van der Waals surface area contributed by atoms with Crippen LogP contribution in [0.3, 0.4) is 0 Å². The zero-order valence-corrected chi connectivity index (χ0v) is 8.57. The second-order valence-corrected chi connectivity index (χ2v) is 3.35. The zero-order chi connectivity index (χ0) is 11.4. The lowest BCUT2D eigenvalue weighted by atomic mass is 10.2. The van der Waals surface area contributed by atoms with Crippen LogP contribution in [0.4, 0.5) is 11.4 Å². The molecule has 0 bridgehead atoms. The Morgan fingerprint density at radius 2 is 2.31 bits per heavy atom. The van der Waals surface area contributed by atoms with E-state index in [4.69, 9.17) is 11.0 Å². The molecule has 1 aromatic carbocycles. The van der Waals surface area contributed by atoms with Gasteiger partial charge in [0.2, 0.25) is 0 Å². The van der Waals surface area contributed by atoms with E-state index in [1.165, 1.54) is 0 Å². The van der Waals surface area contributed by atoms with E-state index in [1.54, 1.807) is 18.3 Å². The molecule has 5 nitrogen and oxygen atoms in total. The number of hydrogen-bond acceptors (Lipinski definition) is 4. The maximum atomic E-state index is 8.73. The van der Waals surface area contributed by atoms with Crippen molar-refractivity contribution in [3.63, 3.8) is 0 Å². The quantitative estimate of drug-likeness (QED) is 0.673. The molecule has 1 heterocycles. The van der Waals surface area contributed by atoms with E-state index < -0.39 is 0 Å². The summed E-state index contributed by atoms with van der Waals surface area (Å²) in [6.07, 6.45) is 1.70. The summed E-state index contributed by atoms with van der Waals surface area (Å²) in [4.78, 5) is 0. The van der Waals surface area contributed by atoms with Crippen LogP contribution in [0.2, 0.25) is 0 Å². The Labute approximate surface area is 92.9 Å². The van der Waals surface area contributed by atoms with Crippen LogP contribution in [0.25, 0.3) is 0 Å². The topological polar surface area (TPSA) is 90.5 Å². The third kappa shape index (κ3) is 2.12. The van der Waals surface area contributed by atoms with Gasteiger partial charge in [0.25, 0.3) is 0 Å². The van der Waals surface area contributed by atoms with E-state index in [2.05, 4.69) is 15.5 Å². The third-order valence-electron chi connectivity index (χ3n) is 2.21. The lowest BCUT2D eigenvalue weighted by Crippen LogP contribution is -2.01. The molecule has 0 aliphatic carbocycles. The molecule has 1 aromatic heterocycles. The number of aromatic amines is 1. The van der Waals surface area contributed by atoms with Crippen molar-refractivity contribution in [1.29, 1.82) is 5.26 Å². The molecule has 0 spiro atoms. The summed E-state index contributed by atoms with van der Waals surface area (Å²) in [7, 11) is 0. The van der Waals surface area contributed by atoms with Crippen LogP contribution in [0.5, 0.6) is 0 Å². The molecule has 4 N–H and O–H groups in total. The summed E-state index contributed by atoms with van der Waals surface area (Å²) in [5.74, 6) is 0. The van der Waals surface area contributed by atoms with Crippen molar-refractivity contribution in [2.24, 2.45) is 0 Å². The summed E-state index contributed by atoms with van der Waals surface area (Å²) in [6, 6.07) is 9.18. The number of aromatic nitrogens is 2. The average Bonchev–Trinajstić information content (AvgIpc) is 2.79. The van der Waals surface area contributed by atoms with E-state index in [1.807, 2.05) is 18.2 Å². The first-order valence-electron chi connectivity index (χ1n) is 4.81. The summed E-state index contributed by atoms with van der Waals surface area (Å²) >= 11 is 0. The highest BCUT2D eigenvalue weighted by Gasteiger charge is 2.00. The van der Waals surface area contributed by atoms with Gasteiger partial charge in [0.15, 0.2) is 0 Å². The fourth-order valence-electron chi connectivity index (χ4n) is 1.35. The number of nitrogens with zero attached hydrogens (tertiary/aromatic N) is 2. The molecule has 0 radical (unpaired) electrons. The number of anilines is 2. The molecule has 5 heteroatoms. The first-order valence-corrected chi connectivity index (χ1v) is 4.81. The minimum absolute atomic E-state index is 0.483. The van der Waals surface area contributed by atoms with Gasteiger partial charge in [-0.2, -0.15) is 10.4 Å². The Bertz CT molecular complexity index is 510. The summed E-state index contributed by atoms with van der Waals surface area (Å²) in [6.45, 7) is 0.644. The number of nitrogens with one attached hydrogen (secondary N) is 2. The maximum absolute atomic E-state index is 8.73. The van der Waals surface area contributed by atoms with Crippen molar-refractivity contribution in [1.82, 2.24) is 10.2 Å². The molecule has 80 valence electrons. The fourth-order valence-corrected chi connectivity index (χ4v) is 1.35. The van der Waals surface area contributed by atoms with E-state index in [-0.39, 0.29) is 0 Å². The smallest absolute Gasteiger partial charge is 0.101 e. The standard InChI is InChI=1S/C11H11N5/c12-6-8-1-2-9(5-11(8)13)14-7-10-3-4-15-16-10/h1-5,14H,7,13H2,(H,15,16). The molecule has 0 aliphatic rings. The lowest BCUT2D eigenvalue weighted by Gasteiger charge is -2.06. The Balaban J connectivity index is 2.06. The van der Waals surface area contributed by atoms with Crippen molar-refractivity contribution in [3.05, 3.63) is 41.7 Å². The van der Waals surface area contributed by atoms with Gasteiger partial charge in [-0.1, -0.05) is 0 Å². The van der Waals surface area contributed by atoms with Gasteiger partial charge < -0.3 is 11.1 Å². The fraction of sp³-hybridized carbons (Fsp3) is 0.0909. The monoisotopic (exact) mass is 213 g/mol. The largest absolute Gasteiger partial charge is 0.398 e. The normalized spacial score (nSPS) is 9.69. The van der Waals surface area contributed by atoms with Gasteiger partial charge >= 0.3 is 0 Å². The average molecular weight is 213 g/mol. The van der Waals surface area contributed by atoms with E-state index in [9.17, 15) is 0 Å². The summed E-state index contributed by atoms with van der Waals surface area (Å²) in [5, 5.41) is 18.6. The second-order valence-electron chi connectivity index (χ2n) is 3.35. The van der Waals surface area contributed by atoms with Gasteiger partial charge in [0, 0.05) is 11.9 Å². The lowest BCUT2D eigenvalue weighted by molar-refractivity contribution is 0.981. The predicted molar refractivity (Wildman–Crippen MR) is 61.5 cm³/mol. The molecule has 16 heavy (non-hydrogen) atoms. The van der Waals surface area contributed by atoms with Crippen molar-refractivity contribution >= 4 is 11.4 Å². The molecule has 0 saturated heterocycles. The Morgan fingerprint density at radius 3 is 2.94 bits per heavy atom.